The molecule has 2 aromatic heterocycles. The normalized spacial score (nSPS) is 16.7. The third-order valence-corrected chi connectivity index (χ3v) is 5.91. The van der Waals surface area contributed by atoms with E-state index in [2.05, 4.69) is 10.1 Å². The summed E-state index contributed by atoms with van der Waals surface area (Å²) >= 11 is 12.3. The van der Waals surface area contributed by atoms with Crippen LogP contribution in [0.15, 0.2) is 40.9 Å². The Morgan fingerprint density at radius 2 is 1.90 bits per heavy atom. The van der Waals surface area contributed by atoms with E-state index in [0.717, 1.165) is 39.4 Å². The summed E-state index contributed by atoms with van der Waals surface area (Å²) in [5.41, 5.74) is 5.25. The molecule has 4 aromatic rings. The second-order valence-electron chi connectivity index (χ2n) is 7.50. The van der Waals surface area contributed by atoms with E-state index in [1.54, 1.807) is 23.1 Å². The summed E-state index contributed by atoms with van der Waals surface area (Å²) in [6.07, 6.45) is 1.11. The summed E-state index contributed by atoms with van der Waals surface area (Å²) in [7, 11) is 0. The molecule has 1 unspecified atom stereocenters. The minimum atomic E-state index is -0.207. The van der Waals surface area contributed by atoms with E-state index in [-0.39, 0.29) is 11.9 Å². The Bertz CT molecular complexity index is 1250. The van der Waals surface area contributed by atoms with E-state index in [4.69, 9.17) is 32.7 Å². The number of anilines is 1. The topological polar surface area (TPSA) is 75.0 Å². The molecule has 0 bridgehead atoms. The molecular weight excluding hydrogens is 423 g/mol. The fraction of sp³-hybridized carbons (Fsp3) is 0.227. The number of halogens is 2. The number of hydrogen-bond acceptors (Lipinski definition) is 4. The number of amides is 1. The largest absolute Gasteiger partial charge is 0.361 e. The van der Waals surface area contributed by atoms with Crippen LogP contribution in [-0.4, -0.2) is 21.0 Å². The molecule has 3 heterocycles. The van der Waals surface area contributed by atoms with Gasteiger partial charge in [-0.15, -0.1) is 0 Å². The van der Waals surface area contributed by atoms with Crippen LogP contribution in [0.4, 0.5) is 5.69 Å². The van der Waals surface area contributed by atoms with E-state index < -0.39 is 0 Å². The monoisotopic (exact) mass is 440 g/mol. The Hall–Kier alpha value is -2.83. The van der Waals surface area contributed by atoms with Crippen molar-refractivity contribution < 1.29 is 9.32 Å². The van der Waals surface area contributed by atoms with Gasteiger partial charge in [0.1, 0.15) is 11.6 Å². The van der Waals surface area contributed by atoms with Gasteiger partial charge in [-0.25, -0.2) is 4.98 Å². The van der Waals surface area contributed by atoms with Crippen LogP contribution in [0.2, 0.25) is 10.0 Å². The van der Waals surface area contributed by atoms with Gasteiger partial charge < -0.3 is 14.4 Å². The second kappa shape index (κ2) is 7.15. The number of carbonyl (C=O) groups is 1. The summed E-state index contributed by atoms with van der Waals surface area (Å²) in [5.74, 6) is 1.54. The number of aryl methyl sites for hydroxylation is 2. The van der Waals surface area contributed by atoms with Crippen LogP contribution >= 0.6 is 23.2 Å². The molecule has 0 spiro atoms. The number of aromatic amines is 1. The number of aromatic nitrogens is 3. The van der Waals surface area contributed by atoms with Crippen LogP contribution in [0.3, 0.4) is 0 Å². The lowest BCUT2D eigenvalue weighted by Gasteiger charge is -2.23. The fourth-order valence-corrected chi connectivity index (χ4v) is 4.70. The molecule has 1 atom stereocenters. The maximum atomic E-state index is 12.7. The van der Waals surface area contributed by atoms with Crippen LogP contribution in [-0.2, 0) is 4.79 Å². The van der Waals surface area contributed by atoms with Gasteiger partial charge >= 0.3 is 0 Å². The molecule has 8 heteroatoms. The van der Waals surface area contributed by atoms with Crippen LogP contribution in [0.1, 0.15) is 36.2 Å². The van der Waals surface area contributed by atoms with Crippen molar-refractivity contribution in [3.63, 3.8) is 0 Å². The van der Waals surface area contributed by atoms with Crippen molar-refractivity contribution in [1.82, 2.24) is 15.1 Å². The molecule has 0 aliphatic carbocycles. The minimum Gasteiger partial charge on any atom is -0.361 e. The zero-order valence-electron chi connectivity index (χ0n) is 16.4. The van der Waals surface area contributed by atoms with E-state index in [0.29, 0.717) is 28.6 Å². The van der Waals surface area contributed by atoms with Crippen molar-refractivity contribution >= 4 is 45.8 Å². The average Bonchev–Trinajstić information content (AvgIpc) is 3.37. The first-order chi connectivity index (χ1) is 14.4. The highest BCUT2D eigenvalue weighted by Crippen LogP contribution is 2.39. The van der Waals surface area contributed by atoms with E-state index in [9.17, 15) is 4.79 Å². The van der Waals surface area contributed by atoms with Crippen molar-refractivity contribution in [2.75, 3.05) is 4.90 Å². The van der Waals surface area contributed by atoms with E-state index >= 15 is 0 Å². The summed E-state index contributed by atoms with van der Waals surface area (Å²) in [6.45, 7) is 3.82. The molecule has 152 valence electrons. The maximum absolute atomic E-state index is 12.7. The first kappa shape index (κ1) is 19.2. The molecule has 1 fully saturated rings. The number of benzene rings is 2. The van der Waals surface area contributed by atoms with Gasteiger partial charge in [0, 0.05) is 27.7 Å². The van der Waals surface area contributed by atoms with Gasteiger partial charge in [-0.05, 0) is 56.2 Å². The highest BCUT2D eigenvalue weighted by Gasteiger charge is 2.35. The number of fused-ring (bicyclic) bond motifs is 1. The zero-order chi connectivity index (χ0) is 21.0. The third kappa shape index (κ3) is 3.16. The third-order valence-electron chi connectivity index (χ3n) is 5.48. The smallest absolute Gasteiger partial charge is 0.227 e. The quantitative estimate of drug-likeness (QED) is 0.423. The SMILES string of the molecule is Cc1noc(C)c1-c1ccc2nc(C3CCC(=O)N3c3cc(Cl)cc(Cl)c3)[nH]c2c1. The van der Waals surface area contributed by atoms with Crippen LogP contribution in [0.25, 0.3) is 22.2 Å². The first-order valence-electron chi connectivity index (χ1n) is 9.62. The van der Waals surface area contributed by atoms with Gasteiger partial charge in [0.25, 0.3) is 0 Å². The predicted octanol–water partition coefficient (Wildman–Crippen LogP) is 6.01. The zero-order valence-corrected chi connectivity index (χ0v) is 17.9. The molecule has 0 radical (unpaired) electrons. The van der Waals surface area contributed by atoms with Crippen molar-refractivity contribution in [3.05, 3.63) is 63.7 Å². The lowest BCUT2D eigenvalue weighted by Crippen LogP contribution is -2.27. The van der Waals surface area contributed by atoms with E-state index in [1.165, 1.54) is 0 Å². The summed E-state index contributed by atoms with van der Waals surface area (Å²) in [6, 6.07) is 11.0. The van der Waals surface area contributed by atoms with Crippen molar-refractivity contribution in [1.29, 1.82) is 0 Å². The Balaban J connectivity index is 1.56. The molecule has 30 heavy (non-hydrogen) atoms. The first-order valence-corrected chi connectivity index (χ1v) is 10.4. The summed E-state index contributed by atoms with van der Waals surface area (Å²) in [5, 5.41) is 5.02. The van der Waals surface area contributed by atoms with Crippen molar-refractivity contribution in [2.24, 2.45) is 0 Å². The number of rotatable bonds is 3. The Labute approximate surface area is 182 Å². The molecule has 1 amide bonds. The number of nitrogens with one attached hydrogen (secondary N) is 1. The average molecular weight is 441 g/mol. The Morgan fingerprint density at radius 1 is 1.13 bits per heavy atom. The lowest BCUT2D eigenvalue weighted by atomic mass is 10.0. The number of hydrogen-bond donors (Lipinski definition) is 1. The van der Waals surface area contributed by atoms with Gasteiger partial charge in [0.2, 0.25) is 5.91 Å². The number of carbonyl (C=O) groups excluding carboxylic acids is 1. The molecule has 1 N–H and O–H groups in total. The van der Waals surface area contributed by atoms with Gasteiger partial charge in [-0.3, -0.25) is 4.79 Å². The summed E-state index contributed by atoms with van der Waals surface area (Å²) < 4.78 is 5.30. The highest BCUT2D eigenvalue weighted by molar-refractivity contribution is 6.35. The molecule has 1 aliphatic heterocycles. The molecule has 1 aliphatic rings. The Morgan fingerprint density at radius 3 is 2.60 bits per heavy atom. The predicted molar refractivity (Wildman–Crippen MR) is 117 cm³/mol. The molecule has 5 rings (SSSR count). The second-order valence-corrected chi connectivity index (χ2v) is 8.37. The fourth-order valence-electron chi connectivity index (χ4n) is 4.18. The van der Waals surface area contributed by atoms with Gasteiger partial charge in [-0.1, -0.05) is 34.4 Å². The highest BCUT2D eigenvalue weighted by atomic mass is 35.5. The molecule has 1 saturated heterocycles. The number of H-pyrrole nitrogens is 1. The molecule has 2 aromatic carbocycles. The number of nitrogens with zero attached hydrogens (tertiary/aromatic N) is 3. The van der Waals surface area contributed by atoms with Gasteiger partial charge in [0.15, 0.2) is 0 Å². The number of imidazole rings is 1. The lowest BCUT2D eigenvalue weighted by molar-refractivity contribution is -0.117. The molecule has 0 saturated carbocycles. The molecular formula is C22H18Cl2N4O2. The summed E-state index contributed by atoms with van der Waals surface area (Å²) in [4.78, 5) is 22.6. The van der Waals surface area contributed by atoms with Crippen molar-refractivity contribution in [2.45, 2.75) is 32.7 Å². The minimum absolute atomic E-state index is 0.0233. The van der Waals surface area contributed by atoms with Gasteiger partial charge in [-0.2, -0.15) is 0 Å². The standard InChI is InChI=1S/C22H18Cl2N4O2/c1-11-21(12(2)30-27-11)13-3-4-17-18(7-13)26-22(25-17)19-5-6-20(29)28(19)16-9-14(23)8-15(24)10-16/h3-4,7-10,19H,5-6H2,1-2H3,(H,25,26). The van der Waals surface area contributed by atoms with Gasteiger partial charge in [0.05, 0.1) is 22.8 Å². The van der Waals surface area contributed by atoms with Crippen LogP contribution in [0.5, 0.6) is 0 Å². The van der Waals surface area contributed by atoms with Crippen LogP contribution in [0, 0.1) is 13.8 Å². The Kier molecular flexibility index (Phi) is 4.56. The van der Waals surface area contributed by atoms with Crippen LogP contribution < -0.4 is 4.90 Å². The maximum Gasteiger partial charge on any atom is 0.227 e. The van der Waals surface area contributed by atoms with E-state index in [1.807, 2.05) is 32.0 Å². The molecule has 6 nitrogen and oxygen atoms in total. The van der Waals surface area contributed by atoms with Crippen molar-refractivity contribution in [3.8, 4) is 11.1 Å².